The Morgan fingerprint density at radius 2 is 0.769 bits per heavy atom. The van der Waals surface area contributed by atoms with E-state index in [1.165, 1.54) is 154 Å². The van der Waals surface area contributed by atoms with Crippen LogP contribution in [0.4, 0.5) is 0 Å². The average Bonchev–Trinajstić information content (AvgIpc) is 3.14. The van der Waals surface area contributed by atoms with E-state index in [0.717, 1.165) is 24.7 Å². The van der Waals surface area contributed by atoms with Gasteiger partial charge in [0.2, 0.25) is 0 Å². The van der Waals surface area contributed by atoms with E-state index < -0.39 is 0 Å². The highest BCUT2D eigenvalue weighted by Gasteiger charge is 2.00. The SMILES string of the molecule is C/C=C/C(C)CCCCCCCCCCCCCCCC.C/C=C/CC.C/C=C/CCC.C/C=C/CCC(C)CCCCCC.C=CC.C=CCC. The van der Waals surface area contributed by atoms with Crippen molar-refractivity contribution in [3.63, 3.8) is 0 Å². The first-order valence-corrected chi connectivity index (χ1v) is 22.9. The summed E-state index contributed by atoms with van der Waals surface area (Å²) in [6.45, 7) is 32.7. The van der Waals surface area contributed by atoms with Gasteiger partial charge in [-0.25, -0.2) is 0 Å². The van der Waals surface area contributed by atoms with Gasteiger partial charge < -0.3 is 0 Å². The molecule has 0 bridgehead atoms. The Bertz CT molecular complexity index is 660. The second-order valence-corrected chi connectivity index (χ2v) is 14.4. The fourth-order valence-electron chi connectivity index (χ4n) is 5.27. The minimum Gasteiger partial charge on any atom is -0.103 e. The minimum atomic E-state index is 0.785. The van der Waals surface area contributed by atoms with E-state index in [1.807, 2.05) is 19.9 Å². The molecule has 0 aromatic carbocycles. The predicted octanol–water partition coefficient (Wildman–Crippen LogP) is 20.1. The van der Waals surface area contributed by atoms with Crippen molar-refractivity contribution >= 4 is 0 Å². The molecule has 52 heavy (non-hydrogen) atoms. The average molecular weight is 729 g/mol. The molecule has 2 atom stereocenters. The van der Waals surface area contributed by atoms with Crippen molar-refractivity contribution in [1.82, 2.24) is 0 Å². The summed E-state index contributed by atoms with van der Waals surface area (Å²) >= 11 is 0. The van der Waals surface area contributed by atoms with E-state index in [4.69, 9.17) is 0 Å². The molecular formula is C52H104. The van der Waals surface area contributed by atoms with E-state index >= 15 is 0 Å². The van der Waals surface area contributed by atoms with Crippen molar-refractivity contribution in [1.29, 1.82) is 0 Å². The van der Waals surface area contributed by atoms with Gasteiger partial charge in [-0.3, -0.25) is 0 Å². The highest BCUT2D eigenvalue weighted by Crippen LogP contribution is 2.16. The molecule has 0 heteroatoms. The standard InChI is InChI=1S/C21H42.C13H26.C6H12.C5H10.C4H8.C3H6/c1-4-6-7-8-9-10-11-12-13-14-15-16-17-18-20-21(3)19-5-2;1-4-6-8-10-12-13(3)11-9-7-5-2;1-3-5-6-4-2;1-3-5-4-2;1-3-4-2;1-3-2/h5,19,21H,4,6-18,20H2,1-3H3;5,7,13H,4,6,8-12H2,1-3H3;3,5H,4,6H2,1-2H3;3,5H,4H2,1-2H3;3H,1,4H2,2H3;3H,1H2,2H3/b19-5+;7-5+;2*5-3+;;. The molecule has 0 fully saturated rings. The topological polar surface area (TPSA) is 0 Å². The van der Waals surface area contributed by atoms with Gasteiger partial charge in [0.1, 0.15) is 0 Å². The lowest BCUT2D eigenvalue weighted by atomic mass is 9.98. The van der Waals surface area contributed by atoms with Crippen LogP contribution in [0.2, 0.25) is 0 Å². The molecule has 0 nitrogen and oxygen atoms in total. The fraction of sp³-hybridized carbons (Fsp3) is 0.769. The Labute approximate surface area is 334 Å². The zero-order valence-electron chi connectivity index (χ0n) is 38.7. The molecule has 0 heterocycles. The summed E-state index contributed by atoms with van der Waals surface area (Å²) < 4.78 is 0. The van der Waals surface area contributed by atoms with Gasteiger partial charge in [-0.1, -0.05) is 238 Å². The van der Waals surface area contributed by atoms with E-state index in [1.54, 1.807) is 6.08 Å². The number of unbranched alkanes of at least 4 members (excludes halogenated alkanes) is 17. The van der Waals surface area contributed by atoms with E-state index in [0.29, 0.717) is 0 Å². The largest absolute Gasteiger partial charge is 0.103 e. The molecule has 0 aliphatic carbocycles. The quantitative estimate of drug-likeness (QED) is 0.0556. The van der Waals surface area contributed by atoms with Crippen LogP contribution >= 0.6 is 0 Å². The molecular weight excluding hydrogens is 625 g/mol. The van der Waals surface area contributed by atoms with Crippen molar-refractivity contribution in [3.8, 4) is 0 Å². The van der Waals surface area contributed by atoms with Crippen LogP contribution in [-0.4, -0.2) is 0 Å². The van der Waals surface area contributed by atoms with Crippen LogP contribution < -0.4 is 0 Å². The molecule has 0 rings (SSSR count). The molecule has 0 aromatic rings. The second-order valence-electron chi connectivity index (χ2n) is 14.4. The van der Waals surface area contributed by atoms with Gasteiger partial charge in [-0.15, -0.1) is 13.2 Å². The second kappa shape index (κ2) is 70.9. The third-order valence-electron chi connectivity index (χ3n) is 8.60. The number of hydrogen-bond donors (Lipinski definition) is 0. The van der Waals surface area contributed by atoms with E-state index in [-0.39, 0.29) is 0 Å². The van der Waals surface area contributed by atoms with E-state index in [2.05, 4.69) is 131 Å². The third kappa shape index (κ3) is 91.9. The van der Waals surface area contributed by atoms with Crippen molar-refractivity contribution in [2.45, 2.75) is 250 Å². The van der Waals surface area contributed by atoms with Crippen molar-refractivity contribution in [3.05, 3.63) is 73.9 Å². The monoisotopic (exact) mass is 729 g/mol. The lowest BCUT2D eigenvalue weighted by molar-refractivity contribution is 0.463. The molecule has 0 aliphatic heterocycles. The van der Waals surface area contributed by atoms with Crippen LogP contribution in [-0.2, 0) is 0 Å². The van der Waals surface area contributed by atoms with Crippen LogP contribution in [0.3, 0.4) is 0 Å². The van der Waals surface area contributed by atoms with Crippen molar-refractivity contribution < 1.29 is 0 Å². The maximum atomic E-state index is 3.48. The third-order valence-corrected chi connectivity index (χ3v) is 8.60. The number of hydrogen-bond acceptors (Lipinski definition) is 0. The molecule has 0 aliphatic rings. The van der Waals surface area contributed by atoms with Crippen LogP contribution in [0.25, 0.3) is 0 Å². The molecule has 0 spiro atoms. The molecule has 2 unspecified atom stereocenters. The van der Waals surface area contributed by atoms with Gasteiger partial charge in [-0.2, -0.15) is 0 Å². The summed E-state index contributed by atoms with van der Waals surface area (Å²) in [6.07, 6.45) is 57.3. The van der Waals surface area contributed by atoms with Crippen LogP contribution in [0.5, 0.6) is 0 Å². The normalized spacial score (nSPS) is 11.6. The smallest absolute Gasteiger partial charge is 0.0262 e. The van der Waals surface area contributed by atoms with Crippen LogP contribution in [0, 0.1) is 11.8 Å². The Balaban J connectivity index is -0.000000144. The van der Waals surface area contributed by atoms with Gasteiger partial charge in [0.05, 0.1) is 0 Å². The van der Waals surface area contributed by atoms with Gasteiger partial charge in [0, 0.05) is 0 Å². The Hall–Kier alpha value is -1.56. The first-order chi connectivity index (χ1) is 25.3. The highest BCUT2D eigenvalue weighted by atomic mass is 14.1. The summed E-state index contributed by atoms with van der Waals surface area (Å²) in [5, 5.41) is 0. The maximum Gasteiger partial charge on any atom is -0.0262 e. The van der Waals surface area contributed by atoms with Crippen molar-refractivity contribution in [2.75, 3.05) is 0 Å². The molecule has 0 radical (unpaired) electrons. The minimum absolute atomic E-state index is 0.785. The van der Waals surface area contributed by atoms with Crippen molar-refractivity contribution in [2.24, 2.45) is 11.8 Å². The molecule has 0 saturated carbocycles. The Morgan fingerprint density at radius 1 is 0.404 bits per heavy atom. The number of rotatable bonds is 28. The highest BCUT2D eigenvalue weighted by molar-refractivity contribution is 4.82. The fourth-order valence-corrected chi connectivity index (χ4v) is 5.27. The van der Waals surface area contributed by atoms with Gasteiger partial charge in [0.25, 0.3) is 0 Å². The van der Waals surface area contributed by atoms with Gasteiger partial charge in [-0.05, 0) is 85.0 Å². The molecule has 0 saturated heterocycles. The lowest BCUT2D eigenvalue weighted by Crippen LogP contribution is -1.93. The Kier molecular flexibility index (Phi) is 85.2. The summed E-state index contributed by atoms with van der Waals surface area (Å²) in [5.41, 5.74) is 0. The maximum absolute atomic E-state index is 3.48. The summed E-state index contributed by atoms with van der Waals surface area (Å²) in [4.78, 5) is 0. The first kappa shape index (κ1) is 62.4. The zero-order chi connectivity index (χ0) is 40.6. The first-order valence-electron chi connectivity index (χ1n) is 22.9. The molecule has 0 aromatic heterocycles. The Morgan fingerprint density at radius 3 is 1.08 bits per heavy atom. The predicted molar refractivity (Wildman–Crippen MR) is 252 cm³/mol. The lowest BCUT2D eigenvalue weighted by Gasteiger charge is -2.08. The zero-order valence-corrected chi connectivity index (χ0v) is 38.7. The van der Waals surface area contributed by atoms with E-state index in [9.17, 15) is 0 Å². The molecule has 0 N–H and O–H groups in total. The number of allylic oxidation sites excluding steroid dienone is 10. The molecule has 0 amide bonds. The van der Waals surface area contributed by atoms with Crippen LogP contribution in [0.15, 0.2) is 73.9 Å². The summed E-state index contributed by atoms with van der Waals surface area (Å²) in [5.74, 6) is 1.71. The summed E-state index contributed by atoms with van der Waals surface area (Å²) in [7, 11) is 0. The summed E-state index contributed by atoms with van der Waals surface area (Å²) in [6, 6.07) is 0. The molecule has 312 valence electrons. The van der Waals surface area contributed by atoms with Gasteiger partial charge in [0.15, 0.2) is 0 Å². The van der Waals surface area contributed by atoms with Crippen LogP contribution in [0.1, 0.15) is 250 Å². The van der Waals surface area contributed by atoms with Gasteiger partial charge >= 0.3 is 0 Å².